The molecule has 80 valence electrons. The van der Waals surface area contributed by atoms with Crippen LogP contribution in [0.5, 0.6) is 5.75 Å². The number of hydrogen-bond acceptors (Lipinski definition) is 4. The standard InChI is InChI=1S/C9H11N3O3/c13-9(14)12-6-4-11-8-7(15-5-6)2-1-3-10-8/h1-3,6,12H,4-5H2,(H,10,11)(H,13,14). The highest BCUT2D eigenvalue weighted by Gasteiger charge is 2.18. The molecule has 1 aromatic heterocycles. The van der Waals surface area contributed by atoms with Crippen molar-refractivity contribution in [2.45, 2.75) is 6.04 Å². The average Bonchev–Trinajstić information content (AvgIpc) is 2.41. The highest BCUT2D eigenvalue weighted by atomic mass is 16.5. The number of nitrogens with zero attached hydrogens (tertiary/aromatic N) is 1. The Bertz CT molecular complexity index is 342. The van der Waals surface area contributed by atoms with E-state index in [0.29, 0.717) is 24.7 Å². The molecule has 6 heteroatoms. The van der Waals surface area contributed by atoms with Crippen LogP contribution in [0.2, 0.25) is 0 Å². The number of anilines is 1. The summed E-state index contributed by atoms with van der Waals surface area (Å²) in [5, 5.41) is 13.9. The molecular formula is C9H11N3O3. The van der Waals surface area contributed by atoms with Crippen LogP contribution >= 0.6 is 0 Å². The Labute approximate surface area is 86.3 Å². The second kappa shape index (κ2) is 4.04. The van der Waals surface area contributed by atoms with Crippen LogP contribution in [-0.4, -0.2) is 35.4 Å². The van der Waals surface area contributed by atoms with Gasteiger partial charge in [-0.3, -0.25) is 0 Å². The normalized spacial score (nSPS) is 19.1. The maximum absolute atomic E-state index is 10.4. The molecule has 0 saturated carbocycles. The number of carboxylic acid groups (broad SMARTS) is 1. The fourth-order valence-electron chi connectivity index (χ4n) is 1.38. The first-order valence-corrected chi connectivity index (χ1v) is 4.57. The second-order valence-electron chi connectivity index (χ2n) is 3.19. The van der Waals surface area contributed by atoms with Gasteiger partial charge in [-0.25, -0.2) is 9.78 Å². The summed E-state index contributed by atoms with van der Waals surface area (Å²) < 4.78 is 5.41. The fraction of sp³-hybridized carbons (Fsp3) is 0.333. The van der Waals surface area contributed by atoms with Crippen LogP contribution in [0.25, 0.3) is 0 Å². The van der Waals surface area contributed by atoms with E-state index in [1.165, 1.54) is 0 Å². The van der Waals surface area contributed by atoms with E-state index in [2.05, 4.69) is 15.6 Å². The van der Waals surface area contributed by atoms with Crippen LogP contribution in [0.1, 0.15) is 0 Å². The minimum Gasteiger partial charge on any atom is -0.487 e. The first-order valence-electron chi connectivity index (χ1n) is 4.57. The molecule has 0 aliphatic carbocycles. The van der Waals surface area contributed by atoms with Crippen LogP contribution in [0, 0.1) is 0 Å². The van der Waals surface area contributed by atoms with E-state index in [1.54, 1.807) is 18.3 Å². The summed E-state index contributed by atoms with van der Waals surface area (Å²) in [6, 6.07) is 3.29. The molecule has 0 spiro atoms. The van der Waals surface area contributed by atoms with E-state index in [-0.39, 0.29) is 6.04 Å². The van der Waals surface area contributed by atoms with E-state index < -0.39 is 6.09 Å². The van der Waals surface area contributed by atoms with Gasteiger partial charge in [0.05, 0.1) is 6.04 Å². The summed E-state index contributed by atoms with van der Waals surface area (Å²) in [5.41, 5.74) is 0. The van der Waals surface area contributed by atoms with Crippen molar-refractivity contribution in [1.82, 2.24) is 10.3 Å². The maximum atomic E-state index is 10.4. The first-order chi connectivity index (χ1) is 7.25. The summed E-state index contributed by atoms with van der Waals surface area (Å²) in [5.74, 6) is 1.29. The number of hydrogen-bond donors (Lipinski definition) is 3. The topological polar surface area (TPSA) is 83.5 Å². The molecule has 0 saturated heterocycles. The van der Waals surface area contributed by atoms with Crippen LogP contribution < -0.4 is 15.4 Å². The Kier molecular flexibility index (Phi) is 2.57. The third-order valence-electron chi connectivity index (χ3n) is 2.05. The van der Waals surface area contributed by atoms with Gasteiger partial charge in [0, 0.05) is 12.7 Å². The van der Waals surface area contributed by atoms with Crippen LogP contribution in [0.3, 0.4) is 0 Å². The number of ether oxygens (including phenoxy) is 1. The molecule has 0 aromatic carbocycles. The van der Waals surface area contributed by atoms with Gasteiger partial charge < -0.3 is 20.5 Å². The average molecular weight is 209 g/mol. The van der Waals surface area contributed by atoms with Gasteiger partial charge in [-0.1, -0.05) is 0 Å². The Balaban J connectivity index is 2.05. The molecule has 1 atom stereocenters. The third kappa shape index (κ3) is 2.28. The van der Waals surface area contributed by atoms with Gasteiger partial charge in [0.15, 0.2) is 11.6 Å². The van der Waals surface area contributed by atoms with Gasteiger partial charge >= 0.3 is 6.09 Å². The number of aromatic nitrogens is 1. The minimum atomic E-state index is -1.05. The van der Waals surface area contributed by atoms with E-state index in [9.17, 15) is 4.79 Å². The molecule has 15 heavy (non-hydrogen) atoms. The number of rotatable bonds is 1. The molecule has 1 unspecified atom stereocenters. The van der Waals surface area contributed by atoms with Gasteiger partial charge in [-0.2, -0.15) is 0 Å². The zero-order valence-corrected chi connectivity index (χ0v) is 7.93. The Morgan fingerprint density at radius 3 is 3.40 bits per heavy atom. The maximum Gasteiger partial charge on any atom is 0.405 e. The summed E-state index contributed by atoms with van der Waals surface area (Å²) in [7, 11) is 0. The molecule has 1 aromatic rings. The summed E-state index contributed by atoms with van der Waals surface area (Å²) in [6.07, 6.45) is 0.601. The fourth-order valence-corrected chi connectivity index (χ4v) is 1.38. The van der Waals surface area contributed by atoms with Crippen molar-refractivity contribution in [3.63, 3.8) is 0 Å². The smallest absolute Gasteiger partial charge is 0.405 e. The largest absolute Gasteiger partial charge is 0.487 e. The molecule has 0 bridgehead atoms. The number of pyridine rings is 1. The zero-order chi connectivity index (χ0) is 10.7. The van der Waals surface area contributed by atoms with E-state index in [0.717, 1.165) is 0 Å². The molecular weight excluding hydrogens is 198 g/mol. The summed E-state index contributed by atoms with van der Waals surface area (Å²) in [6.45, 7) is 0.772. The molecule has 1 amide bonds. The number of amides is 1. The van der Waals surface area contributed by atoms with Crippen molar-refractivity contribution in [2.24, 2.45) is 0 Å². The SMILES string of the molecule is O=C(O)NC1CNc2ncccc2OC1. The van der Waals surface area contributed by atoms with Crippen LogP contribution in [0.4, 0.5) is 10.6 Å². The number of nitrogens with one attached hydrogen (secondary N) is 2. The lowest BCUT2D eigenvalue weighted by atomic mass is 10.3. The highest BCUT2D eigenvalue weighted by molar-refractivity contribution is 5.65. The Hall–Kier alpha value is -1.98. The molecule has 3 N–H and O–H groups in total. The van der Waals surface area contributed by atoms with Gasteiger partial charge in [-0.05, 0) is 12.1 Å². The van der Waals surface area contributed by atoms with Gasteiger partial charge in [0.2, 0.25) is 0 Å². The first kappa shape index (κ1) is 9.57. The second-order valence-corrected chi connectivity index (χ2v) is 3.19. The van der Waals surface area contributed by atoms with Crippen molar-refractivity contribution in [3.8, 4) is 5.75 Å². The van der Waals surface area contributed by atoms with E-state index >= 15 is 0 Å². The van der Waals surface area contributed by atoms with Crippen molar-refractivity contribution >= 4 is 11.9 Å². The van der Waals surface area contributed by atoms with Gasteiger partial charge in [0.25, 0.3) is 0 Å². The van der Waals surface area contributed by atoms with Gasteiger partial charge in [-0.15, -0.1) is 0 Å². The molecule has 2 rings (SSSR count). The zero-order valence-electron chi connectivity index (χ0n) is 7.93. The third-order valence-corrected chi connectivity index (χ3v) is 2.05. The van der Waals surface area contributed by atoms with Crippen molar-refractivity contribution in [3.05, 3.63) is 18.3 Å². The lowest BCUT2D eigenvalue weighted by molar-refractivity contribution is 0.183. The molecule has 0 radical (unpaired) electrons. The number of carbonyl (C=O) groups is 1. The van der Waals surface area contributed by atoms with E-state index in [1.807, 2.05) is 0 Å². The van der Waals surface area contributed by atoms with Crippen LogP contribution in [0.15, 0.2) is 18.3 Å². The van der Waals surface area contributed by atoms with E-state index in [4.69, 9.17) is 9.84 Å². The minimum absolute atomic E-state index is 0.267. The molecule has 1 aliphatic rings. The van der Waals surface area contributed by atoms with Crippen molar-refractivity contribution in [1.29, 1.82) is 0 Å². The Morgan fingerprint density at radius 2 is 2.60 bits per heavy atom. The molecule has 0 fully saturated rings. The molecule has 2 heterocycles. The number of fused-ring (bicyclic) bond motifs is 1. The van der Waals surface area contributed by atoms with Crippen molar-refractivity contribution < 1.29 is 14.6 Å². The monoisotopic (exact) mass is 209 g/mol. The lowest BCUT2D eigenvalue weighted by Gasteiger charge is -2.12. The molecule has 6 nitrogen and oxygen atoms in total. The summed E-state index contributed by atoms with van der Waals surface area (Å²) >= 11 is 0. The molecule has 1 aliphatic heterocycles. The quantitative estimate of drug-likeness (QED) is 0.628. The Morgan fingerprint density at radius 1 is 1.73 bits per heavy atom. The predicted octanol–water partition coefficient (Wildman–Crippen LogP) is 0.522. The highest BCUT2D eigenvalue weighted by Crippen LogP contribution is 2.22. The summed E-state index contributed by atoms with van der Waals surface area (Å²) in [4.78, 5) is 14.5. The van der Waals surface area contributed by atoms with Gasteiger partial charge in [0.1, 0.15) is 6.61 Å². The van der Waals surface area contributed by atoms with Crippen LogP contribution in [-0.2, 0) is 0 Å². The van der Waals surface area contributed by atoms with Crippen molar-refractivity contribution in [2.75, 3.05) is 18.5 Å². The predicted molar refractivity (Wildman–Crippen MR) is 53.2 cm³/mol. The lowest BCUT2D eigenvalue weighted by Crippen LogP contribution is -2.41.